The van der Waals surface area contributed by atoms with Crippen LogP contribution in [0.4, 0.5) is 0 Å². The Hall–Kier alpha value is -0.450. The van der Waals surface area contributed by atoms with Crippen molar-refractivity contribution in [3.05, 3.63) is 16.1 Å². The molecule has 0 spiro atoms. The quantitative estimate of drug-likeness (QED) is 0.699. The minimum atomic E-state index is -0.197. The molecule has 1 aromatic rings. The number of nitrogens with one attached hydrogen (secondary N) is 1. The summed E-state index contributed by atoms with van der Waals surface area (Å²) in [4.78, 5) is 5.54. The molecule has 3 nitrogen and oxygen atoms in total. The maximum atomic E-state index is 9.49. The van der Waals surface area contributed by atoms with Crippen LogP contribution in [0.5, 0.6) is 0 Å². The van der Waals surface area contributed by atoms with Gasteiger partial charge in [-0.15, -0.1) is 11.3 Å². The molecule has 2 N–H and O–H groups in total. The summed E-state index contributed by atoms with van der Waals surface area (Å²) in [6.45, 7) is 5.75. The summed E-state index contributed by atoms with van der Waals surface area (Å²) in [5.41, 5.74) is 3.02. The fraction of sp³-hybridized carbons (Fsp3) is 0.727. The van der Waals surface area contributed by atoms with Crippen molar-refractivity contribution in [3.63, 3.8) is 0 Å². The van der Waals surface area contributed by atoms with E-state index < -0.39 is 0 Å². The number of hydrogen-bond donors (Lipinski definition) is 2. The lowest BCUT2D eigenvalue weighted by Crippen LogP contribution is -2.28. The molecule has 0 bridgehead atoms. The first-order valence-corrected chi connectivity index (χ1v) is 6.39. The van der Waals surface area contributed by atoms with Crippen LogP contribution in [-0.2, 0) is 6.42 Å². The van der Waals surface area contributed by atoms with Crippen LogP contribution in [0.3, 0.4) is 0 Å². The van der Waals surface area contributed by atoms with Gasteiger partial charge in [0.2, 0.25) is 0 Å². The van der Waals surface area contributed by atoms with Crippen molar-refractivity contribution in [3.8, 4) is 0 Å². The molecule has 1 aromatic heterocycles. The maximum Gasteiger partial charge on any atom is 0.0797 e. The van der Waals surface area contributed by atoms with Crippen molar-refractivity contribution >= 4 is 11.3 Å². The SMILES string of the molecule is CCCC(O)CNCCc1scnc1C. The summed E-state index contributed by atoms with van der Waals surface area (Å²) in [6, 6.07) is 0. The van der Waals surface area contributed by atoms with Gasteiger partial charge < -0.3 is 10.4 Å². The summed E-state index contributed by atoms with van der Waals surface area (Å²) >= 11 is 1.71. The van der Waals surface area contributed by atoms with Gasteiger partial charge in [-0.05, 0) is 19.8 Å². The molecule has 1 atom stereocenters. The molecule has 0 amide bonds. The number of aromatic nitrogens is 1. The lowest BCUT2D eigenvalue weighted by Gasteiger charge is -2.09. The van der Waals surface area contributed by atoms with E-state index in [1.165, 1.54) is 4.88 Å². The minimum Gasteiger partial charge on any atom is -0.392 e. The summed E-state index contributed by atoms with van der Waals surface area (Å²) in [5, 5.41) is 12.8. The molecule has 1 unspecified atom stereocenters. The Kier molecular flexibility index (Phi) is 5.83. The van der Waals surface area contributed by atoms with Crippen LogP contribution in [0.1, 0.15) is 30.3 Å². The van der Waals surface area contributed by atoms with E-state index in [-0.39, 0.29) is 6.10 Å². The molecule has 0 aliphatic heterocycles. The highest BCUT2D eigenvalue weighted by molar-refractivity contribution is 7.09. The second kappa shape index (κ2) is 6.93. The Bertz CT molecular complexity index is 275. The Morgan fingerprint density at radius 1 is 1.60 bits per heavy atom. The fourth-order valence-corrected chi connectivity index (χ4v) is 2.25. The molecule has 4 heteroatoms. The normalized spacial score (nSPS) is 13.0. The number of rotatable bonds is 7. The topological polar surface area (TPSA) is 45.1 Å². The molecule has 0 aliphatic rings. The van der Waals surface area contributed by atoms with Crippen LogP contribution < -0.4 is 5.32 Å². The number of hydrogen-bond acceptors (Lipinski definition) is 4. The van der Waals surface area contributed by atoms with Gasteiger partial charge in [-0.25, -0.2) is 4.98 Å². The lowest BCUT2D eigenvalue weighted by molar-refractivity contribution is 0.161. The molecule has 0 aliphatic carbocycles. The van der Waals surface area contributed by atoms with Crippen LogP contribution in [-0.4, -0.2) is 29.3 Å². The van der Waals surface area contributed by atoms with E-state index in [9.17, 15) is 5.11 Å². The molecule has 0 aromatic carbocycles. The van der Waals surface area contributed by atoms with Crippen LogP contribution in [0.25, 0.3) is 0 Å². The van der Waals surface area contributed by atoms with Gasteiger partial charge in [0.15, 0.2) is 0 Å². The van der Waals surface area contributed by atoms with Gasteiger partial charge >= 0.3 is 0 Å². The summed E-state index contributed by atoms with van der Waals surface area (Å²) in [6.07, 6.45) is 2.73. The van der Waals surface area contributed by atoms with E-state index >= 15 is 0 Å². The summed E-state index contributed by atoms with van der Waals surface area (Å²) < 4.78 is 0. The Labute approximate surface area is 95.6 Å². The third-order valence-corrected chi connectivity index (χ3v) is 3.37. The molecular weight excluding hydrogens is 208 g/mol. The van der Waals surface area contributed by atoms with Gasteiger partial charge in [0.25, 0.3) is 0 Å². The molecular formula is C11H20N2OS. The van der Waals surface area contributed by atoms with Gasteiger partial charge in [0.05, 0.1) is 17.3 Å². The van der Waals surface area contributed by atoms with Gasteiger partial charge in [-0.2, -0.15) is 0 Å². The molecule has 86 valence electrons. The lowest BCUT2D eigenvalue weighted by atomic mass is 10.2. The zero-order valence-electron chi connectivity index (χ0n) is 9.49. The van der Waals surface area contributed by atoms with Crippen molar-refractivity contribution in [2.45, 2.75) is 39.2 Å². The highest BCUT2D eigenvalue weighted by atomic mass is 32.1. The van der Waals surface area contributed by atoms with Gasteiger partial charge in [-0.3, -0.25) is 0 Å². The highest BCUT2D eigenvalue weighted by Crippen LogP contribution is 2.11. The zero-order valence-corrected chi connectivity index (χ0v) is 10.3. The zero-order chi connectivity index (χ0) is 11.1. The molecule has 0 saturated carbocycles. The van der Waals surface area contributed by atoms with Gasteiger partial charge in [0, 0.05) is 18.0 Å². The first-order chi connectivity index (χ1) is 7.24. The molecule has 0 fully saturated rings. The monoisotopic (exact) mass is 228 g/mol. The number of aliphatic hydroxyl groups is 1. The smallest absolute Gasteiger partial charge is 0.0797 e. The summed E-state index contributed by atoms with van der Waals surface area (Å²) in [5.74, 6) is 0. The Morgan fingerprint density at radius 2 is 2.40 bits per heavy atom. The second-order valence-corrected chi connectivity index (χ2v) is 4.70. The highest BCUT2D eigenvalue weighted by Gasteiger charge is 2.03. The van der Waals surface area contributed by atoms with E-state index in [1.807, 2.05) is 12.4 Å². The largest absolute Gasteiger partial charge is 0.392 e. The van der Waals surface area contributed by atoms with Crippen molar-refractivity contribution in [1.82, 2.24) is 10.3 Å². The third kappa shape index (κ3) is 4.73. The average Bonchev–Trinajstić information content (AvgIpc) is 2.60. The van der Waals surface area contributed by atoms with Crippen LogP contribution >= 0.6 is 11.3 Å². The Morgan fingerprint density at radius 3 is 3.00 bits per heavy atom. The van der Waals surface area contributed by atoms with Gasteiger partial charge in [0.1, 0.15) is 0 Å². The van der Waals surface area contributed by atoms with Crippen LogP contribution in [0.2, 0.25) is 0 Å². The standard InChI is InChI=1S/C11H20N2OS/c1-3-4-10(14)7-12-6-5-11-9(2)13-8-15-11/h8,10,12,14H,3-7H2,1-2H3. The fourth-order valence-electron chi connectivity index (χ4n) is 1.47. The molecule has 0 saturated heterocycles. The van der Waals surface area contributed by atoms with Crippen LogP contribution in [0, 0.1) is 6.92 Å². The predicted molar refractivity (Wildman–Crippen MR) is 64.3 cm³/mol. The number of aliphatic hydroxyl groups excluding tert-OH is 1. The third-order valence-electron chi connectivity index (χ3n) is 2.38. The number of aryl methyl sites for hydroxylation is 1. The van der Waals surface area contributed by atoms with E-state index in [0.717, 1.165) is 31.5 Å². The maximum absolute atomic E-state index is 9.49. The van der Waals surface area contributed by atoms with E-state index in [2.05, 4.69) is 17.2 Å². The van der Waals surface area contributed by atoms with E-state index in [1.54, 1.807) is 11.3 Å². The van der Waals surface area contributed by atoms with E-state index in [0.29, 0.717) is 6.54 Å². The minimum absolute atomic E-state index is 0.197. The van der Waals surface area contributed by atoms with Crippen molar-refractivity contribution < 1.29 is 5.11 Å². The van der Waals surface area contributed by atoms with Gasteiger partial charge in [-0.1, -0.05) is 13.3 Å². The van der Waals surface area contributed by atoms with Crippen molar-refractivity contribution in [1.29, 1.82) is 0 Å². The first kappa shape index (κ1) is 12.6. The molecule has 0 radical (unpaired) electrons. The van der Waals surface area contributed by atoms with Crippen molar-refractivity contribution in [2.24, 2.45) is 0 Å². The van der Waals surface area contributed by atoms with Crippen molar-refractivity contribution in [2.75, 3.05) is 13.1 Å². The number of thiazole rings is 1. The van der Waals surface area contributed by atoms with E-state index in [4.69, 9.17) is 0 Å². The molecule has 1 rings (SSSR count). The molecule has 1 heterocycles. The molecule has 15 heavy (non-hydrogen) atoms. The Balaban J connectivity index is 2.09. The number of nitrogens with zero attached hydrogens (tertiary/aromatic N) is 1. The first-order valence-electron chi connectivity index (χ1n) is 5.51. The average molecular weight is 228 g/mol. The van der Waals surface area contributed by atoms with Crippen LogP contribution in [0.15, 0.2) is 5.51 Å². The second-order valence-electron chi connectivity index (χ2n) is 3.76. The summed E-state index contributed by atoms with van der Waals surface area (Å²) in [7, 11) is 0. The predicted octanol–water partition coefficient (Wildman–Crippen LogP) is 1.74.